The number of carboxylic acid groups (broad SMARTS) is 1. The number of aromatic amines is 1. The van der Waals surface area contributed by atoms with E-state index in [-0.39, 0.29) is 11.8 Å². The molecule has 0 aromatic carbocycles. The van der Waals surface area contributed by atoms with Crippen LogP contribution in [0.4, 0.5) is 0 Å². The van der Waals surface area contributed by atoms with Gasteiger partial charge >= 0.3 is 5.97 Å². The smallest absolute Gasteiger partial charge is 0.307 e. The summed E-state index contributed by atoms with van der Waals surface area (Å²) in [6.07, 6.45) is 4.56. The molecule has 1 aliphatic carbocycles. The highest BCUT2D eigenvalue weighted by molar-refractivity contribution is 5.85. The lowest BCUT2D eigenvalue weighted by molar-refractivity contribution is -0.148. The van der Waals surface area contributed by atoms with E-state index in [2.05, 4.69) is 9.97 Å². The van der Waals surface area contributed by atoms with Crippen molar-refractivity contribution in [3.05, 3.63) is 18.2 Å². The molecule has 19 heavy (non-hydrogen) atoms. The van der Waals surface area contributed by atoms with Gasteiger partial charge in [0, 0.05) is 19.4 Å². The van der Waals surface area contributed by atoms with Crippen molar-refractivity contribution in [1.29, 1.82) is 0 Å². The summed E-state index contributed by atoms with van der Waals surface area (Å²) in [6, 6.07) is 0. The molecule has 1 saturated carbocycles. The monoisotopic (exact) mass is 265 g/mol. The number of carbonyl (C=O) groups is 2. The van der Waals surface area contributed by atoms with Crippen molar-refractivity contribution in [3.63, 3.8) is 0 Å². The summed E-state index contributed by atoms with van der Waals surface area (Å²) in [5, 5.41) is 9.20. The third-order valence-corrected chi connectivity index (χ3v) is 3.75. The van der Waals surface area contributed by atoms with Gasteiger partial charge in [0.05, 0.1) is 18.4 Å². The van der Waals surface area contributed by atoms with Crippen LogP contribution in [0.2, 0.25) is 0 Å². The average Bonchev–Trinajstić information content (AvgIpc) is 2.97. The Morgan fingerprint density at radius 2 is 2.16 bits per heavy atom. The molecule has 1 aromatic heterocycles. The van der Waals surface area contributed by atoms with Crippen LogP contribution in [0.5, 0.6) is 0 Å². The van der Waals surface area contributed by atoms with Crippen molar-refractivity contribution in [1.82, 2.24) is 14.9 Å². The molecule has 1 aromatic rings. The van der Waals surface area contributed by atoms with Gasteiger partial charge in [-0.25, -0.2) is 4.98 Å². The van der Waals surface area contributed by atoms with Gasteiger partial charge in [-0.2, -0.15) is 0 Å². The summed E-state index contributed by atoms with van der Waals surface area (Å²) in [6.45, 7) is 2.37. The molecule has 3 atom stereocenters. The Bertz CT molecular complexity index is 458. The van der Waals surface area contributed by atoms with Gasteiger partial charge in [0.1, 0.15) is 5.82 Å². The molecule has 3 unspecified atom stereocenters. The quantitative estimate of drug-likeness (QED) is 0.854. The fourth-order valence-corrected chi connectivity index (χ4v) is 2.81. The Balaban J connectivity index is 2.03. The molecule has 6 nitrogen and oxygen atoms in total. The third-order valence-electron chi connectivity index (χ3n) is 3.75. The molecule has 1 fully saturated rings. The van der Waals surface area contributed by atoms with Crippen LogP contribution in [0.15, 0.2) is 12.4 Å². The largest absolute Gasteiger partial charge is 0.481 e. The van der Waals surface area contributed by atoms with Crippen LogP contribution in [0.3, 0.4) is 0 Å². The standard InChI is InChI=1S/C13H19N3O3/c1-8-5-9(10(6-8)13(18)19)12(17)16(2)7-11-14-3-4-15-11/h3-4,8-10H,5-7H2,1-2H3,(H,14,15)(H,18,19). The number of amides is 1. The van der Waals surface area contributed by atoms with E-state index in [4.69, 9.17) is 0 Å². The maximum Gasteiger partial charge on any atom is 0.307 e. The summed E-state index contributed by atoms with van der Waals surface area (Å²) in [5.74, 6) is -0.947. The van der Waals surface area contributed by atoms with Gasteiger partial charge in [-0.1, -0.05) is 6.92 Å². The number of aromatic nitrogens is 2. The van der Waals surface area contributed by atoms with E-state index in [1.165, 1.54) is 0 Å². The van der Waals surface area contributed by atoms with Crippen molar-refractivity contribution in [3.8, 4) is 0 Å². The van der Waals surface area contributed by atoms with Gasteiger partial charge in [0.2, 0.25) is 5.91 Å². The van der Waals surface area contributed by atoms with Crippen LogP contribution in [-0.2, 0) is 16.1 Å². The van der Waals surface area contributed by atoms with Gasteiger partial charge in [-0.3, -0.25) is 9.59 Å². The summed E-state index contributed by atoms with van der Waals surface area (Å²) >= 11 is 0. The summed E-state index contributed by atoms with van der Waals surface area (Å²) in [4.78, 5) is 32.1. The van der Waals surface area contributed by atoms with Gasteiger partial charge in [-0.05, 0) is 18.8 Å². The number of carbonyl (C=O) groups excluding carboxylic acids is 1. The van der Waals surface area contributed by atoms with E-state index in [9.17, 15) is 14.7 Å². The molecule has 1 amide bonds. The van der Waals surface area contributed by atoms with Crippen LogP contribution in [0.1, 0.15) is 25.6 Å². The molecule has 0 radical (unpaired) electrons. The maximum absolute atomic E-state index is 12.4. The lowest BCUT2D eigenvalue weighted by atomic mass is 9.95. The Kier molecular flexibility index (Phi) is 3.87. The SMILES string of the molecule is CC1CC(C(=O)O)C(C(=O)N(C)Cc2ncc[nH]2)C1. The predicted molar refractivity (Wildman–Crippen MR) is 68.1 cm³/mol. The molecule has 0 spiro atoms. The predicted octanol–water partition coefficient (Wildman–Crippen LogP) is 1.11. The van der Waals surface area contributed by atoms with Crippen molar-refractivity contribution in [2.75, 3.05) is 7.05 Å². The van der Waals surface area contributed by atoms with Crippen LogP contribution in [-0.4, -0.2) is 38.9 Å². The van der Waals surface area contributed by atoms with Crippen LogP contribution in [0, 0.1) is 17.8 Å². The zero-order valence-electron chi connectivity index (χ0n) is 11.2. The molecule has 0 aliphatic heterocycles. The maximum atomic E-state index is 12.4. The van der Waals surface area contributed by atoms with Crippen LogP contribution >= 0.6 is 0 Å². The molecule has 0 saturated heterocycles. The average molecular weight is 265 g/mol. The van der Waals surface area contributed by atoms with Crippen LogP contribution < -0.4 is 0 Å². The minimum absolute atomic E-state index is 0.104. The van der Waals surface area contributed by atoms with Gasteiger partial charge < -0.3 is 15.0 Å². The summed E-state index contributed by atoms with van der Waals surface area (Å²) in [7, 11) is 1.69. The number of hydrogen-bond acceptors (Lipinski definition) is 3. The summed E-state index contributed by atoms with van der Waals surface area (Å²) < 4.78 is 0. The van der Waals surface area contributed by atoms with Crippen LogP contribution in [0.25, 0.3) is 0 Å². The minimum atomic E-state index is -0.867. The zero-order chi connectivity index (χ0) is 14.0. The topological polar surface area (TPSA) is 86.3 Å². The first-order chi connectivity index (χ1) is 8.99. The van der Waals surface area contributed by atoms with Crippen molar-refractivity contribution < 1.29 is 14.7 Å². The Hall–Kier alpha value is -1.85. The lowest BCUT2D eigenvalue weighted by Crippen LogP contribution is -2.36. The second-order valence-corrected chi connectivity index (χ2v) is 5.36. The molecule has 1 aliphatic rings. The molecule has 1 heterocycles. The third kappa shape index (κ3) is 2.94. The molecular weight excluding hydrogens is 246 g/mol. The van der Waals surface area contributed by atoms with Gasteiger partial charge in [-0.15, -0.1) is 0 Å². The number of H-pyrrole nitrogens is 1. The fourth-order valence-electron chi connectivity index (χ4n) is 2.81. The van der Waals surface area contributed by atoms with Crippen molar-refractivity contribution >= 4 is 11.9 Å². The number of carboxylic acids is 1. The highest BCUT2D eigenvalue weighted by Gasteiger charge is 2.42. The molecule has 6 heteroatoms. The van der Waals surface area contributed by atoms with E-state index in [1.54, 1.807) is 24.3 Å². The normalized spacial score (nSPS) is 26.3. The highest BCUT2D eigenvalue weighted by Crippen LogP contribution is 2.37. The van der Waals surface area contributed by atoms with Gasteiger partial charge in [0.15, 0.2) is 0 Å². The number of rotatable bonds is 4. The molecule has 104 valence electrons. The molecule has 2 rings (SSSR count). The second kappa shape index (κ2) is 5.42. The lowest BCUT2D eigenvalue weighted by Gasteiger charge is -2.22. The van der Waals surface area contributed by atoms with E-state index in [1.807, 2.05) is 6.92 Å². The Morgan fingerprint density at radius 3 is 2.74 bits per heavy atom. The number of aliphatic carboxylic acids is 1. The molecule has 0 bridgehead atoms. The number of nitrogens with zero attached hydrogens (tertiary/aromatic N) is 2. The zero-order valence-corrected chi connectivity index (χ0v) is 11.2. The van der Waals surface area contributed by atoms with E-state index in [0.29, 0.717) is 25.2 Å². The highest BCUT2D eigenvalue weighted by atomic mass is 16.4. The van der Waals surface area contributed by atoms with Crippen molar-refractivity contribution in [2.24, 2.45) is 17.8 Å². The van der Waals surface area contributed by atoms with Gasteiger partial charge in [0.25, 0.3) is 0 Å². The molecular formula is C13H19N3O3. The minimum Gasteiger partial charge on any atom is -0.481 e. The summed E-state index contributed by atoms with van der Waals surface area (Å²) in [5.41, 5.74) is 0. The number of imidazole rings is 1. The Labute approximate surface area is 111 Å². The first kappa shape index (κ1) is 13.6. The first-order valence-electron chi connectivity index (χ1n) is 6.45. The van der Waals surface area contributed by atoms with Crippen molar-refractivity contribution in [2.45, 2.75) is 26.3 Å². The molecule has 2 N–H and O–H groups in total. The van der Waals surface area contributed by atoms with E-state index >= 15 is 0 Å². The fraction of sp³-hybridized carbons (Fsp3) is 0.615. The first-order valence-corrected chi connectivity index (χ1v) is 6.45. The number of nitrogens with one attached hydrogen (secondary N) is 1. The Morgan fingerprint density at radius 1 is 1.47 bits per heavy atom. The number of hydrogen-bond donors (Lipinski definition) is 2. The van der Waals surface area contributed by atoms with E-state index in [0.717, 1.165) is 0 Å². The van der Waals surface area contributed by atoms with E-state index < -0.39 is 17.8 Å². The second-order valence-electron chi connectivity index (χ2n) is 5.36.